The highest BCUT2D eigenvalue weighted by atomic mass is 32.2. The molecule has 1 saturated heterocycles. The number of ether oxygens (including phenoxy) is 1. The molecule has 2 N–H and O–H groups in total. The quantitative estimate of drug-likeness (QED) is 0.824. The molecule has 26 heavy (non-hydrogen) atoms. The van der Waals surface area contributed by atoms with Crippen LogP contribution in [0.2, 0.25) is 0 Å². The molecule has 9 heteroatoms. The lowest BCUT2D eigenvalue weighted by molar-refractivity contribution is 0.248. The number of aromatic nitrogens is 2. The van der Waals surface area contributed by atoms with Crippen LogP contribution in [0.3, 0.4) is 0 Å². The number of anilines is 1. The Labute approximate surface area is 152 Å². The Balaban J connectivity index is 1.35. The number of hydrogen-bond acceptors (Lipinski definition) is 7. The second kappa shape index (κ2) is 6.82. The summed E-state index contributed by atoms with van der Waals surface area (Å²) in [6.45, 7) is 5.01. The van der Waals surface area contributed by atoms with Crippen LogP contribution in [-0.2, 0) is 23.0 Å². The topological polar surface area (TPSA) is 102 Å². The second-order valence-electron chi connectivity index (χ2n) is 6.57. The molecule has 1 fully saturated rings. The normalized spacial score (nSPS) is 17.8. The summed E-state index contributed by atoms with van der Waals surface area (Å²) in [6, 6.07) is 6.48. The van der Waals surface area contributed by atoms with E-state index in [2.05, 4.69) is 38.0 Å². The highest BCUT2D eigenvalue weighted by molar-refractivity contribution is 7.89. The van der Waals surface area contributed by atoms with Crippen LogP contribution >= 0.6 is 0 Å². The largest absolute Gasteiger partial charge is 0.493 e. The fraction of sp³-hybridized carbons (Fsp3) is 0.412. The summed E-state index contributed by atoms with van der Waals surface area (Å²) in [4.78, 5) is 12.6. The van der Waals surface area contributed by atoms with E-state index in [-0.39, 0.29) is 4.90 Å². The molecule has 0 amide bonds. The van der Waals surface area contributed by atoms with Crippen LogP contribution in [0.25, 0.3) is 0 Å². The molecule has 0 radical (unpaired) electrons. The van der Waals surface area contributed by atoms with Crippen LogP contribution in [0, 0.1) is 0 Å². The zero-order chi connectivity index (χ0) is 18.1. The molecule has 0 saturated carbocycles. The van der Waals surface area contributed by atoms with Gasteiger partial charge in [-0.25, -0.2) is 23.5 Å². The number of rotatable bonds is 4. The van der Waals surface area contributed by atoms with E-state index in [1.54, 1.807) is 0 Å². The third-order valence-corrected chi connectivity index (χ3v) is 5.63. The number of hydrogen-bond donors (Lipinski definition) is 1. The van der Waals surface area contributed by atoms with Gasteiger partial charge >= 0.3 is 0 Å². The van der Waals surface area contributed by atoms with E-state index in [1.165, 1.54) is 23.5 Å². The van der Waals surface area contributed by atoms with Gasteiger partial charge in [-0.3, -0.25) is 4.90 Å². The van der Waals surface area contributed by atoms with Gasteiger partial charge in [0, 0.05) is 39.1 Å². The van der Waals surface area contributed by atoms with Crippen molar-refractivity contribution in [1.82, 2.24) is 14.9 Å². The maximum Gasteiger partial charge on any atom is 0.241 e. The lowest BCUT2D eigenvalue weighted by Gasteiger charge is -2.34. The number of fused-ring (bicyclic) bond motifs is 1. The molecule has 0 atom stereocenters. The summed E-state index contributed by atoms with van der Waals surface area (Å²) < 4.78 is 28.2. The van der Waals surface area contributed by atoms with Gasteiger partial charge in [0.05, 0.1) is 19.0 Å². The van der Waals surface area contributed by atoms with Gasteiger partial charge < -0.3 is 9.64 Å². The van der Waals surface area contributed by atoms with Crippen LogP contribution in [0.5, 0.6) is 5.75 Å². The van der Waals surface area contributed by atoms with Gasteiger partial charge in [-0.2, -0.15) is 0 Å². The maximum absolute atomic E-state index is 11.3. The van der Waals surface area contributed by atoms with E-state index in [9.17, 15) is 8.42 Å². The van der Waals surface area contributed by atoms with E-state index in [0.29, 0.717) is 5.95 Å². The minimum absolute atomic E-state index is 0.0706. The maximum atomic E-state index is 11.3. The zero-order valence-corrected chi connectivity index (χ0v) is 15.2. The van der Waals surface area contributed by atoms with Crippen LogP contribution in [0.1, 0.15) is 11.1 Å². The van der Waals surface area contributed by atoms with Crippen molar-refractivity contribution in [3.8, 4) is 5.75 Å². The summed E-state index contributed by atoms with van der Waals surface area (Å²) >= 11 is 0. The van der Waals surface area contributed by atoms with Crippen molar-refractivity contribution in [2.24, 2.45) is 5.14 Å². The molecular weight excluding hydrogens is 354 g/mol. The van der Waals surface area contributed by atoms with Gasteiger partial charge in [0.2, 0.25) is 16.0 Å². The van der Waals surface area contributed by atoms with Crippen molar-refractivity contribution in [3.63, 3.8) is 0 Å². The first-order valence-corrected chi connectivity index (χ1v) is 10.1. The monoisotopic (exact) mass is 375 g/mol. The number of piperazine rings is 1. The van der Waals surface area contributed by atoms with Crippen molar-refractivity contribution in [2.45, 2.75) is 17.9 Å². The van der Waals surface area contributed by atoms with E-state index in [0.717, 1.165) is 51.5 Å². The molecule has 4 rings (SSSR count). The molecule has 8 nitrogen and oxygen atoms in total. The van der Waals surface area contributed by atoms with E-state index >= 15 is 0 Å². The zero-order valence-electron chi connectivity index (χ0n) is 14.3. The number of benzene rings is 1. The highest BCUT2D eigenvalue weighted by Crippen LogP contribution is 2.26. The summed E-state index contributed by atoms with van der Waals surface area (Å²) in [5.41, 5.74) is 2.55. The van der Waals surface area contributed by atoms with Gasteiger partial charge in [0.25, 0.3) is 0 Å². The van der Waals surface area contributed by atoms with Gasteiger partial charge in [0.1, 0.15) is 10.6 Å². The molecule has 0 bridgehead atoms. The number of primary sulfonamides is 1. The molecule has 0 aliphatic carbocycles. The molecule has 1 aromatic heterocycles. The van der Waals surface area contributed by atoms with Gasteiger partial charge in [-0.05, 0) is 17.2 Å². The lowest BCUT2D eigenvalue weighted by Crippen LogP contribution is -2.46. The van der Waals surface area contributed by atoms with Crippen LogP contribution in [0.4, 0.5) is 5.95 Å². The van der Waals surface area contributed by atoms with Crippen LogP contribution in [-0.4, -0.2) is 56.1 Å². The highest BCUT2D eigenvalue weighted by Gasteiger charge is 2.20. The Bertz CT molecular complexity index is 893. The predicted molar refractivity (Wildman–Crippen MR) is 96.5 cm³/mol. The van der Waals surface area contributed by atoms with Gasteiger partial charge in [-0.15, -0.1) is 0 Å². The molecule has 2 aliphatic heterocycles. The summed E-state index contributed by atoms with van der Waals surface area (Å²) in [6.07, 6.45) is 3.52. The number of nitrogens with zero attached hydrogens (tertiary/aromatic N) is 4. The average Bonchev–Trinajstić information content (AvgIpc) is 3.10. The standard InChI is InChI=1S/C17H21N5O3S/c18-26(23,24)15-10-19-17(20-11-15)22-6-4-21(5-7-22)12-13-1-2-14-3-8-25-16(14)9-13/h1-2,9-11H,3-8,12H2,(H2,18,23,24). The summed E-state index contributed by atoms with van der Waals surface area (Å²) in [5, 5.41) is 5.07. The molecule has 138 valence electrons. The Kier molecular flexibility index (Phi) is 4.51. The minimum atomic E-state index is -3.76. The first kappa shape index (κ1) is 17.2. The smallest absolute Gasteiger partial charge is 0.241 e. The SMILES string of the molecule is NS(=O)(=O)c1cnc(N2CCN(Cc3ccc4c(c3)OCC4)CC2)nc1. The van der Waals surface area contributed by atoms with Gasteiger partial charge in [-0.1, -0.05) is 12.1 Å². The average molecular weight is 375 g/mol. The Morgan fingerprint density at radius 2 is 1.85 bits per heavy atom. The van der Waals surface area contributed by atoms with E-state index in [4.69, 9.17) is 9.88 Å². The molecular formula is C17H21N5O3S. The first-order chi connectivity index (χ1) is 12.5. The molecule has 0 unspecified atom stereocenters. The third-order valence-electron chi connectivity index (χ3n) is 4.76. The van der Waals surface area contributed by atoms with Crippen molar-refractivity contribution in [3.05, 3.63) is 41.7 Å². The summed E-state index contributed by atoms with van der Waals surface area (Å²) in [7, 11) is -3.76. The van der Waals surface area contributed by atoms with Crippen molar-refractivity contribution < 1.29 is 13.2 Å². The van der Waals surface area contributed by atoms with Crippen molar-refractivity contribution >= 4 is 16.0 Å². The molecule has 2 aliphatic rings. The molecule has 2 aromatic rings. The number of sulfonamides is 1. The first-order valence-electron chi connectivity index (χ1n) is 8.56. The predicted octanol–water partition coefficient (Wildman–Crippen LogP) is 0.381. The molecule has 3 heterocycles. The summed E-state index contributed by atoms with van der Waals surface area (Å²) in [5.74, 6) is 1.55. The fourth-order valence-corrected chi connectivity index (χ4v) is 3.69. The third kappa shape index (κ3) is 3.64. The molecule has 0 spiro atoms. The van der Waals surface area contributed by atoms with Crippen LogP contribution in [0.15, 0.2) is 35.5 Å². The second-order valence-corrected chi connectivity index (χ2v) is 8.13. The Morgan fingerprint density at radius 1 is 1.12 bits per heavy atom. The Morgan fingerprint density at radius 3 is 2.54 bits per heavy atom. The minimum Gasteiger partial charge on any atom is -0.493 e. The fourth-order valence-electron chi connectivity index (χ4n) is 3.29. The molecule has 1 aromatic carbocycles. The lowest BCUT2D eigenvalue weighted by atomic mass is 10.1. The van der Waals surface area contributed by atoms with Gasteiger partial charge in [0.15, 0.2) is 0 Å². The Hall–Kier alpha value is -2.23. The number of nitrogens with two attached hydrogens (primary N) is 1. The van der Waals surface area contributed by atoms with Crippen molar-refractivity contribution in [1.29, 1.82) is 0 Å². The van der Waals surface area contributed by atoms with E-state index < -0.39 is 10.0 Å². The van der Waals surface area contributed by atoms with Crippen LogP contribution < -0.4 is 14.8 Å². The van der Waals surface area contributed by atoms with Crippen molar-refractivity contribution in [2.75, 3.05) is 37.7 Å². The van der Waals surface area contributed by atoms with E-state index in [1.807, 2.05) is 0 Å².